The normalized spacial score (nSPS) is 11.9. The van der Waals surface area contributed by atoms with Gasteiger partial charge in [-0.05, 0) is 18.9 Å². The Morgan fingerprint density at radius 1 is 1.38 bits per heavy atom. The average Bonchev–Trinajstić information content (AvgIpc) is 2.58. The van der Waals surface area contributed by atoms with Crippen molar-refractivity contribution >= 4 is 10.0 Å². The third-order valence-corrected chi connectivity index (χ3v) is 3.23. The quantitative estimate of drug-likeness (QED) is 0.820. The van der Waals surface area contributed by atoms with E-state index in [0.717, 1.165) is 31.4 Å². The minimum atomic E-state index is -3.66. The van der Waals surface area contributed by atoms with Crippen molar-refractivity contribution in [2.24, 2.45) is 5.14 Å². The molecule has 0 atom stereocenters. The topological polar surface area (TPSA) is 78.0 Å². The van der Waals surface area contributed by atoms with Gasteiger partial charge in [-0.3, -0.25) is 4.68 Å². The number of sulfonamides is 1. The summed E-state index contributed by atoms with van der Waals surface area (Å²) < 4.78 is 24.2. The molecule has 0 unspecified atom stereocenters. The van der Waals surface area contributed by atoms with Crippen molar-refractivity contribution in [2.75, 3.05) is 0 Å². The summed E-state index contributed by atoms with van der Waals surface area (Å²) in [5.74, 6) is 0. The maximum absolute atomic E-state index is 11.4. The molecule has 0 bridgehead atoms. The third-order valence-electron chi connectivity index (χ3n) is 2.31. The molecule has 0 saturated heterocycles. The van der Waals surface area contributed by atoms with Crippen LogP contribution in [-0.2, 0) is 23.0 Å². The van der Waals surface area contributed by atoms with Gasteiger partial charge in [-0.25, -0.2) is 13.6 Å². The Hall–Kier alpha value is -0.880. The molecule has 1 aromatic heterocycles. The summed E-state index contributed by atoms with van der Waals surface area (Å²) in [4.78, 5) is 0. The fourth-order valence-electron chi connectivity index (χ4n) is 1.53. The first-order valence-corrected chi connectivity index (χ1v) is 7.13. The van der Waals surface area contributed by atoms with Gasteiger partial charge in [-0.1, -0.05) is 26.7 Å². The van der Waals surface area contributed by atoms with E-state index in [1.54, 1.807) is 6.07 Å². The Labute approximate surface area is 96.7 Å². The highest BCUT2D eigenvalue weighted by atomic mass is 32.2. The number of primary sulfonamides is 1. The fourth-order valence-corrected chi connectivity index (χ4v) is 2.25. The predicted molar refractivity (Wildman–Crippen MR) is 62.5 cm³/mol. The summed E-state index contributed by atoms with van der Waals surface area (Å²) in [6, 6.07) is 1.58. The summed E-state index contributed by atoms with van der Waals surface area (Å²) in [7, 11) is -3.66. The Morgan fingerprint density at radius 3 is 2.56 bits per heavy atom. The Morgan fingerprint density at radius 2 is 2.06 bits per heavy atom. The molecule has 0 spiro atoms. The molecule has 0 aliphatic heterocycles. The van der Waals surface area contributed by atoms with Gasteiger partial charge in [-0.15, -0.1) is 0 Å². The van der Waals surface area contributed by atoms with Gasteiger partial charge in [0, 0.05) is 6.54 Å². The van der Waals surface area contributed by atoms with Crippen molar-refractivity contribution in [2.45, 2.75) is 51.1 Å². The molecule has 1 aromatic rings. The van der Waals surface area contributed by atoms with Crippen LogP contribution in [0.4, 0.5) is 0 Å². The van der Waals surface area contributed by atoms with Crippen LogP contribution in [0.25, 0.3) is 0 Å². The van der Waals surface area contributed by atoms with Crippen molar-refractivity contribution in [3.05, 3.63) is 11.8 Å². The molecule has 0 saturated carbocycles. The molecule has 0 radical (unpaired) electrons. The first kappa shape index (κ1) is 13.2. The van der Waals surface area contributed by atoms with Crippen LogP contribution < -0.4 is 5.14 Å². The largest absolute Gasteiger partial charge is 0.255 e. The Balaban J connectivity index is 3.03. The van der Waals surface area contributed by atoms with E-state index in [1.807, 2.05) is 13.8 Å². The highest BCUT2D eigenvalue weighted by Crippen LogP contribution is 2.12. The molecule has 5 nitrogen and oxygen atoms in total. The molecule has 16 heavy (non-hydrogen) atoms. The minimum absolute atomic E-state index is 0.129. The van der Waals surface area contributed by atoms with Crippen LogP contribution in [0.15, 0.2) is 11.1 Å². The van der Waals surface area contributed by atoms with Crippen molar-refractivity contribution in [1.82, 2.24) is 9.78 Å². The SMILES string of the molecule is CCCCn1nc(CCC)cc1S(N)(=O)=O. The number of aromatic nitrogens is 2. The van der Waals surface area contributed by atoms with Gasteiger partial charge in [0.25, 0.3) is 10.0 Å². The zero-order valence-corrected chi connectivity index (χ0v) is 10.6. The predicted octanol–water partition coefficient (Wildman–Crippen LogP) is 1.28. The van der Waals surface area contributed by atoms with E-state index in [2.05, 4.69) is 5.10 Å². The van der Waals surface area contributed by atoms with E-state index in [9.17, 15) is 8.42 Å². The zero-order chi connectivity index (χ0) is 12.2. The second kappa shape index (κ2) is 5.45. The Bertz CT molecular complexity index is 437. The van der Waals surface area contributed by atoms with E-state index in [1.165, 1.54) is 4.68 Å². The van der Waals surface area contributed by atoms with Gasteiger partial charge in [0.2, 0.25) is 0 Å². The van der Waals surface area contributed by atoms with E-state index in [0.29, 0.717) is 6.54 Å². The van der Waals surface area contributed by atoms with E-state index in [-0.39, 0.29) is 5.03 Å². The standard InChI is InChI=1S/C10H19N3O2S/c1-3-5-7-13-10(16(11,14)15)8-9(12-13)6-4-2/h8H,3-7H2,1-2H3,(H2,11,14,15). The molecule has 6 heteroatoms. The van der Waals surface area contributed by atoms with Gasteiger partial charge in [0.1, 0.15) is 0 Å². The van der Waals surface area contributed by atoms with Gasteiger partial charge in [0.15, 0.2) is 5.03 Å². The maximum Gasteiger partial charge on any atom is 0.255 e. The number of nitrogens with zero attached hydrogens (tertiary/aromatic N) is 2. The number of aryl methyl sites for hydroxylation is 2. The van der Waals surface area contributed by atoms with Crippen LogP contribution in [-0.4, -0.2) is 18.2 Å². The highest BCUT2D eigenvalue weighted by Gasteiger charge is 2.16. The van der Waals surface area contributed by atoms with Gasteiger partial charge in [-0.2, -0.15) is 5.10 Å². The third kappa shape index (κ3) is 3.31. The lowest BCUT2D eigenvalue weighted by atomic mass is 10.3. The molecule has 92 valence electrons. The Kier molecular flexibility index (Phi) is 4.49. The first-order valence-electron chi connectivity index (χ1n) is 5.58. The van der Waals surface area contributed by atoms with Gasteiger partial charge < -0.3 is 0 Å². The summed E-state index contributed by atoms with van der Waals surface area (Å²) in [5, 5.41) is 9.54. The molecule has 0 amide bonds. The van der Waals surface area contributed by atoms with Crippen molar-refractivity contribution in [1.29, 1.82) is 0 Å². The summed E-state index contributed by atoms with van der Waals surface area (Å²) in [6.45, 7) is 4.68. The van der Waals surface area contributed by atoms with Crippen LogP contribution >= 0.6 is 0 Å². The molecular weight excluding hydrogens is 226 g/mol. The van der Waals surface area contributed by atoms with Crippen LogP contribution in [0.2, 0.25) is 0 Å². The first-order chi connectivity index (χ1) is 7.49. The minimum Gasteiger partial charge on any atom is -0.253 e. The van der Waals surface area contributed by atoms with Crippen molar-refractivity contribution < 1.29 is 8.42 Å². The number of hydrogen-bond acceptors (Lipinski definition) is 3. The number of hydrogen-bond donors (Lipinski definition) is 1. The number of nitrogens with two attached hydrogens (primary N) is 1. The van der Waals surface area contributed by atoms with E-state index >= 15 is 0 Å². The van der Waals surface area contributed by atoms with Crippen LogP contribution in [0, 0.1) is 0 Å². The van der Waals surface area contributed by atoms with Crippen LogP contribution in [0.5, 0.6) is 0 Å². The molecular formula is C10H19N3O2S. The number of rotatable bonds is 6. The monoisotopic (exact) mass is 245 g/mol. The van der Waals surface area contributed by atoms with Gasteiger partial charge >= 0.3 is 0 Å². The molecule has 0 aliphatic carbocycles. The van der Waals surface area contributed by atoms with E-state index < -0.39 is 10.0 Å². The average molecular weight is 245 g/mol. The molecule has 0 aliphatic rings. The summed E-state index contributed by atoms with van der Waals surface area (Å²) in [6.07, 6.45) is 3.61. The number of unbranched alkanes of at least 4 members (excludes halogenated alkanes) is 1. The van der Waals surface area contributed by atoms with Crippen molar-refractivity contribution in [3.8, 4) is 0 Å². The second-order valence-electron chi connectivity index (χ2n) is 3.85. The second-order valence-corrected chi connectivity index (χ2v) is 5.35. The maximum atomic E-state index is 11.4. The molecule has 1 heterocycles. The van der Waals surface area contributed by atoms with E-state index in [4.69, 9.17) is 5.14 Å². The summed E-state index contributed by atoms with van der Waals surface area (Å²) in [5.41, 5.74) is 0.794. The van der Waals surface area contributed by atoms with Crippen LogP contribution in [0.1, 0.15) is 38.8 Å². The molecule has 2 N–H and O–H groups in total. The highest BCUT2D eigenvalue weighted by molar-refractivity contribution is 7.89. The molecule has 1 rings (SSSR count). The zero-order valence-electron chi connectivity index (χ0n) is 9.81. The molecule has 0 fully saturated rings. The van der Waals surface area contributed by atoms with Crippen LogP contribution in [0.3, 0.4) is 0 Å². The lowest BCUT2D eigenvalue weighted by Crippen LogP contribution is -2.18. The molecule has 0 aromatic carbocycles. The van der Waals surface area contributed by atoms with Crippen molar-refractivity contribution in [3.63, 3.8) is 0 Å². The lowest BCUT2D eigenvalue weighted by molar-refractivity contribution is 0.511. The smallest absolute Gasteiger partial charge is 0.253 e. The fraction of sp³-hybridized carbons (Fsp3) is 0.700. The summed E-state index contributed by atoms with van der Waals surface area (Å²) >= 11 is 0. The lowest BCUT2D eigenvalue weighted by Gasteiger charge is -2.03. The van der Waals surface area contributed by atoms with Gasteiger partial charge in [0.05, 0.1) is 5.69 Å².